The summed E-state index contributed by atoms with van der Waals surface area (Å²) < 4.78 is 11.4. The summed E-state index contributed by atoms with van der Waals surface area (Å²) in [5.41, 5.74) is 2.07. The SMILES string of the molecule is CCN(CC)C(=O)c1ccc(NC(=O)CNc2cccc(OCC3CCCO3)c2)cc1. The van der Waals surface area contributed by atoms with Gasteiger partial charge in [-0.05, 0) is 63.1 Å². The van der Waals surface area contributed by atoms with Gasteiger partial charge in [-0.3, -0.25) is 9.59 Å². The zero-order valence-corrected chi connectivity index (χ0v) is 18.2. The minimum absolute atomic E-state index is 0.00821. The first-order valence-electron chi connectivity index (χ1n) is 10.9. The molecule has 166 valence electrons. The van der Waals surface area contributed by atoms with Gasteiger partial charge in [0.05, 0.1) is 12.6 Å². The summed E-state index contributed by atoms with van der Waals surface area (Å²) in [7, 11) is 0. The minimum Gasteiger partial charge on any atom is -0.491 e. The number of amides is 2. The Kier molecular flexibility index (Phi) is 8.29. The van der Waals surface area contributed by atoms with Gasteiger partial charge < -0.3 is 25.0 Å². The van der Waals surface area contributed by atoms with Gasteiger partial charge in [0.15, 0.2) is 0 Å². The van der Waals surface area contributed by atoms with Gasteiger partial charge in [-0.2, -0.15) is 0 Å². The van der Waals surface area contributed by atoms with Gasteiger partial charge in [-0.1, -0.05) is 6.07 Å². The first-order chi connectivity index (χ1) is 15.1. The minimum atomic E-state index is -0.173. The van der Waals surface area contributed by atoms with E-state index >= 15 is 0 Å². The molecule has 3 rings (SSSR count). The first-order valence-corrected chi connectivity index (χ1v) is 10.9. The molecule has 31 heavy (non-hydrogen) atoms. The molecule has 7 nitrogen and oxygen atoms in total. The number of nitrogens with one attached hydrogen (secondary N) is 2. The molecule has 0 bridgehead atoms. The summed E-state index contributed by atoms with van der Waals surface area (Å²) in [5, 5.41) is 5.95. The van der Waals surface area contributed by atoms with Crippen LogP contribution in [0.1, 0.15) is 37.0 Å². The molecule has 1 unspecified atom stereocenters. The summed E-state index contributed by atoms with van der Waals surface area (Å²) >= 11 is 0. The lowest BCUT2D eigenvalue weighted by molar-refractivity contribution is -0.114. The molecule has 1 heterocycles. The van der Waals surface area contributed by atoms with Crippen LogP contribution in [-0.4, -0.2) is 55.7 Å². The number of carbonyl (C=O) groups excluding carboxylic acids is 2. The molecule has 1 atom stereocenters. The molecule has 1 aliphatic rings. The van der Waals surface area contributed by atoms with Crippen molar-refractivity contribution in [3.05, 3.63) is 54.1 Å². The Morgan fingerprint density at radius 3 is 2.55 bits per heavy atom. The molecule has 7 heteroatoms. The number of carbonyl (C=O) groups is 2. The average Bonchev–Trinajstić information content (AvgIpc) is 3.32. The Bertz CT molecular complexity index is 859. The van der Waals surface area contributed by atoms with Crippen LogP contribution in [-0.2, 0) is 9.53 Å². The molecular weight excluding hydrogens is 394 g/mol. The van der Waals surface area contributed by atoms with Crippen molar-refractivity contribution in [2.75, 3.05) is 43.5 Å². The zero-order valence-electron chi connectivity index (χ0n) is 18.2. The molecule has 2 N–H and O–H groups in total. The highest BCUT2D eigenvalue weighted by molar-refractivity contribution is 5.96. The second kappa shape index (κ2) is 11.4. The quantitative estimate of drug-likeness (QED) is 0.606. The third-order valence-electron chi connectivity index (χ3n) is 5.21. The van der Waals surface area contributed by atoms with Gasteiger partial charge in [0, 0.05) is 42.7 Å². The van der Waals surface area contributed by atoms with Crippen LogP contribution in [0.15, 0.2) is 48.5 Å². The van der Waals surface area contributed by atoms with E-state index in [0.717, 1.165) is 30.9 Å². The lowest BCUT2D eigenvalue weighted by Crippen LogP contribution is -2.30. The van der Waals surface area contributed by atoms with E-state index in [1.165, 1.54) is 0 Å². The molecule has 2 amide bonds. The second-order valence-corrected chi connectivity index (χ2v) is 7.43. The standard InChI is InChI=1S/C24H31N3O4/c1-3-27(4-2)24(29)18-10-12-19(13-11-18)26-23(28)16-25-20-7-5-8-21(15-20)31-17-22-9-6-14-30-22/h5,7-8,10-13,15,22,25H,3-4,6,9,14,16-17H2,1-2H3,(H,26,28). The van der Waals surface area contributed by atoms with E-state index in [-0.39, 0.29) is 24.5 Å². The Morgan fingerprint density at radius 1 is 1.10 bits per heavy atom. The van der Waals surface area contributed by atoms with E-state index in [0.29, 0.717) is 30.9 Å². The van der Waals surface area contributed by atoms with Crippen LogP contribution in [0, 0.1) is 0 Å². The number of hydrogen-bond donors (Lipinski definition) is 2. The number of anilines is 2. The maximum absolute atomic E-state index is 12.4. The monoisotopic (exact) mass is 425 g/mol. The Labute approximate surface area is 183 Å². The molecule has 1 fully saturated rings. The van der Waals surface area contributed by atoms with Crippen molar-refractivity contribution in [2.24, 2.45) is 0 Å². The predicted octanol–water partition coefficient (Wildman–Crippen LogP) is 3.78. The smallest absolute Gasteiger partial charge is 0.253 e. The van der Waals surface area contributed by atoms with Crippen LogP contribution < -0.4 is 15.4 Å². The molecule has 1 saturated heterocycles. The molecule has 0 spiro atoms. The number of benzene rings is 2. The van der Waals surface area contributed by atoms with Crippen molar-refractivity contribution in [3.63, 3.8) is 0 Å². The van der Waals surface area contributed by atoms with Crippen LogP contribution in [0.2, 0.25) is 0 Å². The number of rotatable bonds is 10. The topological polar surface area (TPSA) is 79.9 Å². The third-order valence-corrected chi connectivity index (χ3v) is 5.21. The van der Waals surface area contributed by atoms with Gasteiger partial charge in [-0.25, -0.2) is 0 Å². The van der Waals surface area contributed by atoms with Crippen molar-refractivity contribution in [3.8, 4) is 5.75 Å². The maximum Gasteiger partial charge on any atom is 0.253 e. The van der Waals surface area contributed by atoms with Crippen molar-refractivity contribution < 1.29 is 19.1 Å². The number of hydrogen-bond acceptors (Lipinski definition) is 5. The van der Waals surface area contributed by atoms with Crippen molar-refractivity contribution >= 4 is 23.2 Å². The highest BCUT2D eigenvalue weighted by Gasteiger charge is 2.16. The summed E-state index contributed by atoms with van der Waals surface area (Å²) in [6, 6.07) is 14.5. The van der Waals surface area contributed by atoms with Crippen LogP contribution >= 0.6 is 0 Å². The molecule has 0 radical (unpaired) electrons. The van der Waals surface area contributed by atoms with Gasteiger partial charge >= 0.3 is 0 Å². The highest BCUT2D eigenvalue weighted by atomic mass is 16.5. The lowest BCUT2D eigenvalue weighted by atomic mass is 10.1. The van der Waals surface area contributed by atoms with E-state index < -0.39 is 0 Å². The molecular formula is C24H31N3O4. The van der Waals surface area contributed by atoms with E-state index in [9.17, 15) is 9.59 Å². The third kappa shape index (κ3) is 6.72. The van der Waals surface area contributed by atoms with E-state index in [1.54, 1.807) is 29.2 Å². The Hall–Kier alpha value is -3.06. The van der Waals surface area contributed by atoms with Crippen LogP contribution in [0.4, 0.5) is 11.4 Å². The predicted molar refractivity (Wildman–Crippen MR) is 122 cm³/mol. The lowest BCUT2D eigenvalue weighted by Gasteiger charge is -2.18. The first kappa shape index (κ1) is 22.6. The Morgan fingerprint density at radius 2 is 1.87 bits per heavy atom. The second-order valence-electron chi connectivity index (χ2n) is 7.43. The number of nitrogens with zero attached hydrogens (tertiary/aromatic N) is 1. The van der Waals surface area contributed by atoms with Gasteiger partial charge in [0.1, 0.15) is 12.4 Å². The molecule has 2 aromatic carbocycles. The van der Waals surface area contributed by atoms with E-state index in [1.807, 2.05) is 38.1 Å². The molecule has 1 aliphatic heterocycles. The van der Waals surface area contributed by atoms with Crippen molar-refractivity contribution in [1.82, 2.24) is 4.90 Å². The van der Waals surface area contributed by atoms with Gasteiger partial charge in [0.2, 0.25) is 5.91 Å². The number of ether oxygens (including phenoxy) is 2. The summed E-state index contributed by atoms with van der Waals surface area (Å²) in [5.74, 6) is 0.564. The fraction of sp³-hybridized carbons (Fsp3) is 0.417. The largest absolute Gasteiger partial charge is 0.491 e. The van der Waals surface area contributed by atoms with Crippen LogP contribution in [0.3, 0.4) is 0 Å². The van der Waals surface area contributed by atoms with Crippen LogP contribution in [0.25, 0.3) is 0 Å². The molecule has 0 saturated carbocycles. The van der Waals surface area contributed by atoms with E-state index in [2.05, 4.69) is 10.6 Å². The summed E-state index contributed by atoms with van der Waals surface area (Å²) in [6.07, 6.45) is 2.28. The molecule has 0 aromatic heterocycles. The highest BCUT2D eigenvalue weighted by Crippen LogP contribution is 2.20. The maximum atomic E-state index is 12.4. The Balaban J connectivity index is 1.46. The molecule has 0 aliphatic carbocycles. The van der Waals surface area contributed by atoms with Crippen molar-refractivity contribution in [2.45, 2.75) is 32.8 Å². The van der Waals surface area contributed by atoms with E-state index in [4.69, 9.17) is 9.47 Å². The normalized spacial score (nSPS) is 15.4. The molecule has 2 aromatic rings. The summed E-state index contributed by atoms with van der Waals surface area (Å²) in [6.45, 7) is 6.70. The average molecular weight is 426 g/mol. The fourth-order valence-corrected chi connectivity index (χ4v) is 3.44. The van der Waals surface area contributed by atoms with Gasteiger partial charge in [0.25, 0.3) is 5.91 Å². The fourth-order valence-electron chi connectivity index (χ4n) is 3.44. The zero-order chi connectivity index (χ0) is 22.1. The van der Waals surface area contributed by atoms with Gasteiger partial charge in [-0.15, -0.1) is 0 Å². The van der Waals surface area contributed by atoms with Crippen LogP contribution in [0.5, 0.6) is 5.75 Å². The van der Waals surface area contributed by atoms with Crippen molar-refractivity contribution in [1.29, 1.82) is 0 Å². The summed E-state index contributed by atoms with van der Waals surface area (Å²) in [4.78, 5) is 26.4.